The van der Waals surface area contributed by atoms with Gasteiger partial charge in [0.25, 0.3) is 6.71 Å². The van der Waals surface area contributed by atoms with Gasteiger partial charge in [-0.15, -0.1) is 0 Å². The Morgan fingerprint density at radius 2 is 0.648 bits per heavy atom. The van der Waals surface area contributed by atoms with Crippen LogP contribution in [0.1, 0.15) is 0 Å². The van der Waals surface area contributed by atoms with Crippen LogP contribution < -0.4 is 26.2 Å². The van der Waals surface area contributed by atoms with Crippen molar-refractivity contribution in [2.45, 2.75) is 0 Å². The molecule has 0 bridgehead atoms. The second-order valence-corrected chi connectivity index (χ2v) is 22.8. The van der Waals surface area contributed by atoms with Crippen LogP contribution in [0, 0.1) is 0 Å². The second-order valence-electron chi connectivity index (χ2n) is 22.8. The number of rotatable bonds is 10. The quantitative estimate of drug-likeness (QED) is 0.128. The maximum atomic E-state index is 5.34. The molecule has 410 valence electrons. The fourth-order valence-electron chi connectivity index (χ4n) is 13.7. The zero-order valence-electron chi connectivity index (χ0n) is 48.0. The van der Waals surface area contributed by atoms with Crippen LogP contribution in [0.15, 0.2) is 328 Å². The maximum Gasteiger partial charge on any atom is 0.252 e. The Kier molecular flexibility index (Phi) is 12.2. The minimum Gasteiger partial charge on any atom is -0.311 e. The van der Waals surface area contributed by atoms with Crippen LogP contribution in [0.25, 0.3) is 106 Å². The van der Waals surface area contributed by atoms with Crippen molar-refractivity contribution in [1.29, 1.82) is 0 Å². The molecule has 6 heteroatoms. The highest BCUT2D eigenvalue weighted by molar-refractivity contribution is 7.00. The third-order valence-corrected chi connectivity index (χ3v) is 17.8. The summed E-state index contributed by atoms with van der Waals surface area (Å²) in [5.41, 5.74) is 28.2. The van der Waals surface area contributed by atoms with Crippen molar-refractivity contribution in [1.82, 2.24) is 14.5 Å². The fourth-order valence-corrected chi connectivity index (χ4v) is 13.7. The van der Waals surface area contributed by atoms with Crippen molar-refractivity contribution in [2.24, 2.45) is 0 Å². The molecule has 0 atom stereocenters. The summed E-state index contributed by atoms with van der Waals surface area (Å²) in [5.74, 6) is 0.682. The molecule has 88 heavy (non-hydrogen) atoms. The fraction of sp³-hybridized carbons (Fsp3) is 0. The first-order valence-electron chi connectivity index (χ1n) is 30.2. The van der Waals surface area contributed by atoms with Crippen molar-refractivity contribution in [3.63, 3.8) is 0 Å². The van der Waals surface area contributed by atoms with E-state index in [9.17, 15) is 0 Å². The summed E-state index contributed by atoms with van der Waals surface area (Å²) in [6.07, 6.45) is 0. The molecule has 2 aliphatic heterocycles. The molecule has 13 aromatic carbocycles. The molecule has 17 rings (SSSR count). The van der Waals surface area contributed by atoms with E-state index in [1.807, 2.05) is 24.3 Å². The van der Waals surface area contributed by atoms with Gasteiger partial charge in [-0.3, -0.25) is 0 Å². The molecule has 0 spiro atoms. The summed E-state index contributed by atoms with van der Waals surface area (Å²) in [6.45, 7) is 0.0863. The summed E-state index contributed by atoms with van der Waals surface area (Å²) in [5, 5.41) is 2.39. The van der Waals surface area contributed by atoms with Gasteiger partial charge in [-0.2, -0.15) is 0 Å². The van der Waals surface area contributed by atoms with Crippen LogP contribution in [0.3, 0.4) is 0 Å². The lowest BCUT2D eigenvalue weighted by molar-refractivity contribution is 1.17. The highest BCUT2D eigenvalue weighted by Crippen LogP contribution is 2.46. The number of aromatic nitrogens is 3. The molecule has 4 heterocycles. The average molecular weight is 1120 g/mol. The van der Waals surface area contributed by atoms with Crippen molar-refractivity contribution in [2.75, 3.05) is 9.80 Å². The van der Waals surface area contributed by atoms with Crippen LogP contribution in [0.4, 0.5) is 34.1 Å². The number of anilines is 6. The van der Waals surface area contributed by atoms with E-state index in [4.69, 9.17) is 9.97 Å². The molecule has 0 aliphatic carbocycles. The lowest BCUT2D eigenvalue weighted by Gasteiger charge is -2.44. The van der Waals surface area contributed by atoms with E-state index < -0.39 is 0 Å². The predicted octanol–water partition coefficient (Wildman–Crippen LogP) is 19.3. The van der Waals surface area contributed by atoms with Crippen LogP contribution in [-0.4, -0.2) is 21.2 Å². The second kappa shape index (κ2) is 21.2. The minimum absolute atomic E-state index is 0.0863. The Labute approximate surface area is 512 Å². The van der Waals surface area contributed by atoms with Gasteiger partial charge in [-0.25, -0.2) is 9.97 Å². The molecule has 0 saturated heterocycles. The highest BCUT2D eigenvalue weighted by Gasteiger charge is 2.42. The standard InChI is InChI=1S/C82H54BN5/c1-6-21-55(22-7-1)62-43-48-75-68(51-62)69-52-63(56-23-8-2-9-24-56)44-49-76(69)88(75)74-50-45-64(73-54-72(60-25-10-3-11-26-60)84-82(85-73)61-27-12-4-13-28-61)53-67(74)59-39-37-57(38-40-59)58-41-46-66(47-42-58)87-78-34-19-17-32-71(78)83-70-31-16-18-33-77(70)86(65-29-14-5-15-30-65)79-35-20-36-80(87)81(79)83/h1-54H. The van der Waals surface area contributed by atoms with Crippen LogP contribution in [0.2, 0.25) is 0 Å². The number of hydrogen-bond acceptors (Lipinski definition) is 4. The minimum atomic E-state index is 0.0863. The molecule has 0 fully saturated rings. The summed E-state index contributed by atoms with van der Waals surface area (Å²) < 4.78 is 2.47. The molecular weight excluding hydrogens is 1070 g/mol. The molecule has 15 aromatic rings. The molecule has 0 amide bonds. The van der Waals surface area contributed by atoms with Gasteiger partial charge >= 0.3 is 0 Å². The predicted molar refractivity (Wildman–Crippen MR) is 368 cm³/mol. The van der Waals surface area contributed by atoms with E-state index in [-0.39, 0.29) is 6.71 Å². The van der Waals surface area contributed by atoms with Crippen LogP contribution in [-0.2, 0) is 0 Å². The van der Waals surface area contributed by atoms with Gasteiger partial charge < -0.3 is 14.4 Å². The monoisotopic (exact) mass is 1120 g/mol. The van der Waals surface area contributed by atoms with Gasteiger partial charge in [0.15, 0.2) is 5.82 Å². The Morgan fingerprint density at radius 1 is 0.250 bits per heavy atom. The van der Waals surface area contributed by atoms with E-state index >= 15 is 0 Å². The van der Waals surface area contributed by atoms with Crippen LogP contribution in [0.5, 0.6) is 0 Å². The Bertz CT molecular complexity index is 4970. The molecule has 0 N–H and O–H groups in total. The SMILES string of the molecule is c1ccc(-c2ccc3c(c2)c2cc(-c4ccccc4)ccc2n3-c2ccc(-c3cc(-c4ccccc4)nc(-c4ccccc4)n3)cc2-c2ccc(-c3ccc(N4c5ccccc5B5c6ccccc6N(c6ccccc6)c6cccc4c65)cc3)cc2)cc1. The topological polar surface area (TPSA) is 37.2 Å². The van der Waals surface area contributed by atoms with Gasteiger partial charge in [0.1, 0.15) is 0 Å². The van der Waals surface area contributed by atoms with Crippen molar-refractivity contribution in [3.8, 4) is 84.1 Å². The number of fused-ring (bicyclic) bond motifs is 7. The molecule has 5 nitrogen and oxygen atoms in total. The molecular formula is C82H54BN5. The normalized spacial score (nSPS) is 12.2. The maximum absolute atomic E-state index is 5.34. The van der Waals surface area contributed by atoms with Crippen LogP contribution >= 0.6 is 0 Å². The number of benzene rings is 13. The van der Waals surface area contributed by atoms with E-state index in [0.29, 0.717) is 5.82 Å². The summed E-state index contributed by atoms with van der Waals surface area (Å²) in [4.78, 5) is 15.4. The third-order valence-electron chi connectivity index (χ3n) is 17.8. The van der Waals surface area contributed by atoms with E-state index in [0.717, 1.165) is 78.4 Å². The first kappa shape index (κ1) is 50.9. The lowest BCUT2D eigenvalue weighted by atomic mass is 9.33. The number of nitrogens with zero attached hydrogens (tertiary/aromatic N) is 5. The van der Waals surface area contributed by atoms with E-state index in [1.165, 1.54) is 72.2 Å². The number of para-hydroxylation sites is 3. The van der Waals surface area contributed by atoms with Crippen molar-refractivity contribution < 1.29 is 0 Å². The van der Waals surface area contributed by atoms with Gasteiger partial charge in [-0.05, 0) is 146 Å². The molecule has 2 aromatic heterocycles. The summed E-state index contributed by atoms with van der Waals surface area (Å²) in [6, 6.07) is 119. The molecule has 0 unspecified atom stereocenters. The smallest absolute Gasteiger partial charge is 0.252 e. The Morgan fingerprint density at radius 3 is 1.19 bits per heavy atom. The zero-order valence-corrected chi connectivity index (χ0v) is 48.0. The highest BCUT2D eigenvalue weighted by atomic mass is 15.2. The summed E-state index contributed by atoms with van der Waals surface area (Å²) >= 11 is 0. The van der Waals surface area contributed by atoms with Gasteiger partial charge in [0.2, 0.25) is 0 Å². The van der Waals surface area contributed by atoms with Gasteiger partial charge in [0.05, 0.1) is 28.1 Å². The van der Waals surface area contributed by atoms with Crippen molar-refractivity contribution >= 4 is 79.0 Å². The van der Waals surface area contributed by atoms with Crippen molar-refractivity contribution in [3.05, 3.63) is 328 Å². The third kappa shape index (κ3) is 8.64. The first-order chi connectivity index (χ1) is 43.6. The van der Waals surface area contributed by atoms with Gasteiger partial charge in [0, 0.05) is 67.2 Å². The van der Waals surface area contributed by atoms with Gasteiger partial charge in [-0.1, -0.05) is 237 Å². The van der Waals surface area contributed by atoms with E-state index in [2.05, 4.69) is 318 Å². The number of hydrogen-bond donors (Lipinski definition) is 0. The summed E-state index contributed by atoms with van der Waals surface area (Å²) in [7, 11) is 0. The Balaban J connectivity index is 0.801. The first-order valence-corrected chi connectivity index (χ1v) is 30.2. The average Bonchev–Trinajstić information content (AvgIpc) is 1.05. The Hall–Kier alpha value is -11.6. The lowest BCUT2D eigenvalue weighted by Crippen LogP contribution is -2.61. The molecule has 0 saturated carbocycles. The molecule has 0 radical (unpaired) electrons. The largest absolute Gasteiger partial charge is 0.311 e. The zero-order chi connectivity index (χ0) is 58.1. The van der Waals surface area contributed by atoms with E-state index in [1.54, 1.807) is 0 Å². The molecule has 2 aliphatic rings.